The Morgan fingerprint density at radius 1 is 1.18 bits per heavy atom. The molecule has 0 aliphatic carbocycles. The second-order valence-electron chi connectivity index (χ2n) is 6.84. The fourth-order valence-corrected chi connectivity index (χ4v) is 3.15. The minimum Gasteiger partial charge on any atom is -0.493 e. The third kappa shape index (κ3) is 5.28. The van der Waals surface area contributed by atoms with Crippen molar-refractivity contribution in [2.24, 2.45) is 0 Å². The molecule has 28 heavy (non-hydrogen) atoms. The number of amides is 1. The lowest BCUT2D eigenvalue weighted by Crippen LogP contribution is -2.36. The summed E-state index contributed by atoms with van der Waals surface area (Å²) in [5, 5.41) is 8.17. The first-order valence-electron chi connectivity index (χ1n) is 9.75. The highest BCUT2D eigenvalue weighted by molar-refractivity contribution is 5.76. The topological polar surface area (TPSA) is 88.2 Å². The van der Waals surface area contributed by atoms with E-state index in [9.17, 15) is 9.59 Å². The van der Waals surface area contributed by atoms with Crippen molar-refractivity contribution in [3.8, 4) is 17.1 Å². The van der Waals surface area contributed by atoms with Gasteiger partial charge in [-0.1, -0.05) is 6.08 Å². The van der Waals surface area contributed by atoms with Gasteiger partial charge in [0.1, 0.15) is 11.4 Å². The number of carbonyl (C=O) groups is 1. The van der Waals surface area contributed by atoms with Crippen molar-refractivity contribution >= 4 is 5.91 Å². The molecule has 0 unspecified atom stereocenters. The van der Waals surface area contributed by atoms with Gasteiger partial charge >= 0.3 is 0 Å². The van der Waals surface area contributed by atoms with E-state index < -0.39 is 0 Å². The highest BCUT2D eigenvalue weighted by atomic mass is 16.5. The van der Waals surface area contributed by atoms with Gasteiger partial charge < -0.3 is 14.6 Å². The number of hydrogen-bond acceptors (Lipinski definition) is 5. The zero-order valence-electron chi connectivity index (χ0n) is 16.0. The number of nitrogens with one attached hydrogen (secondary N) is 1. The van der Waals surface area contributed by atoms with Gasteiger partial charge in [-0.25, -0.2) is 0 Å². The Kier molecular flexibility index (Phi) is 6.94. The molecule has 7 heteroatoms. The monoisotopic (exact) mass is 382 g/mol. The van der Waals surface area contributed by atoms with Crippen LogP contribution in [0.3, 0.4) is 0 Å². The predicted octanol–water partition coefficient (Wildman–Crippen LogP) is 2.73. The first kappa shape index (κ1) is 19.8. The van der Waals surface area contributed by atoms with Crippen molar-refractivity contribution in [3.63, 3.8) is 0 Å². The summed E-state index contributed by atoms with van der Waals surface area (Å²) in [5.74, 6) is 1.22. The molecule has 0 saturated carbocycles. The van der Waals surface area contributed by atoms with E-state index >= 15 is 0 Å². The molecule has 1 N–H and O–H groups in total. The quantitative estimate of drug-likeness (QED) is 0.560. The minimum atomic E-state index is -0.303. The van der Waals surface area contributed by atoms with Gasteiger partial charge in [0.2, 0.25) is 5.91 Å². The largest absolute Gasteiger partial charge is 0.493 e. The van der Waals surface area contributed by atoms with Crippen molar-refractivity contribution in [1.29, 1.82) is 0 Å². The Bertz CT molecular complexity index is 855. The number of hydrogen-bond donors (Lipinski definition) is 1. The van der Waals surface area contributed by atoms with E-state index in [0.29, 0.717) is 24.5 Å². The van der Waals surface area contributed by atoms with Crippen LogP contribution >= 0.6 is 0 Å². The highest BCUT2D eigenvalue weighted by Gasteiger charge is 2.17. The number of H-pyrrole nitrogens is 1. The molecular formula is C21H26N4O3. The van der Waals surface area contributed by atoms with Crippen LogP contribution < -0.4 is 10.3 Å². The number of piperidine rings is 1. The normalized spacial score (nSPS) is 13.9. The Balaban J connectivity index is 1.59. The summed E-state index contributed by atoms with van der Waals surface area (Å²) in [5.41, 5.74) is 0.734. The summed E-state index contributed by atoms with van der Waals surface area (Å²) in [4.78, 5) is 29.2. The summed E-state index contributed by atoms with van der Waals surface area (Å²) in [6, 6.07) is 7.29. The zero-order chi connectivity index (χ0) is 19.8. The number of ether oxygens (including phenoxy) is 1. The number of aryl methyl sites for hydroxylation is 1. The van der Waals surface area contributed by atoms with Gasteiger partial charge in [0.05, 0.1) is 6.61 Å². The molecule has 3 rings (SSSR count). The first-order valence-corrected chi connectivity index (χ1v) is 9.75. The number of rotatable bonds is 8. The van der Waals surface area contributed by atoms with Gasteiger partial charge in [-0.2, -0.15) is 0 Å². The molecule has 7 nitrogen and oxygen atoms in total. The molecule has 1 amide bonds. The third-order valence-corrected chi connectivity index (χ3v) is 4.77. The van der Waals surface area contributed by atoms with Gasteiger partial charge in [0, 0.05) is 31.5 Å². The van der Waals surface area contributed by atoms with Crippen LogP contribution in [0.5, 0.6) is 5.75 Å². The molecule has 1 aliphatic rings. The van der Waals surface area contributed by atoms with E-state index in [-0.39, 0.29) is 17.9 Å². The number of likely N-dealkylation sites (tertiary alicyclic amines) is 1. The van der Waals surface area contributed by atoms with E-state index in [1.54, 1.807) is 6.08 Å². The van der Waals surface area contributed by atoms with Crippen LogP contribution in [0.2, 0.25) is 0 Å². The van der Waals surface area contributed by atoms with Crippen LogP contribution in [0.15, 0.2) is 41.7 Å². The van der Waals surface area contributed by atoms with Crippen molar-refractivity contribution in [3.05, 3.63) is 53.0 Å². The molecule has 0 atom stereocenters. The summed E-state index contributed by atoms with van der Waals surface area (Å²) >= 11 is 0. The molecule has 0 radical (unpaired) electrons. The molecular weight excluding hydrogens is 356 g/mol. The zero-order valence-corrected chi connectivity index (χ0v) is 16.0. The molecule has 1 aromatic carbocycles. The third-order valence-electron chi connectivity index (χ3n) is 4.77. The van der Waals surface area contributed by atoms with Gasteiger partial charge in [-0.15, -0.1) is 16.8 Å². The number of carbonyl (C=O) groups excluding carboxylic acids is 1. The maximum atomic E-state index is 12.3. The Hall–Kier alpha value is -2.96. The predicted molar refractivity (Wildman–Crippen MR) is 107 cm³/mol. The lowest BCUT2D eigenvalue weighted by atomic mass is 10.1. The lowest BCUT2D eigenvalue weighted by molar-refractivity contribution is -0.132. The molecule has 0 bridgehead atoms. The standard InChI is InChI=1S/C21H26N4O3/c1-2-3-15-28-17-9-7-16(8-10-17)20-22-21(27)18(23-24-20)11-12-19(26)25-13-5-4-6-14-25/h2,7-10H,1,3-6,11-15H2,(H,22,24,27). The minimum absolute atomic E-state index is 0.0806. The van der Waals surface area contributed by atoms with Crippen molar-refractivity contribution in [2.45, 2.75) is 38.5 Å². The first-order chi connectivity index (χ1) is 13.7. The number of benzene rings is 1. The average molecular weight is 382 g/mol. The van der Waals surface area contributed by atoms with E-state index in [1.165, 1.54) is 6.42 Å². The fourth-order valence-electron chi connectivity index (χ4n) is 3.15. The maximum absolute atomic E-state index is 12.3. The summed E-state index contributed by atoms with van der Waals surface area (Å²) < 4.78 is 5.57. The summed E-state index contributed by atoms with van der Waals surface area (Å²) in [6.07, 6.45) is 6.46. The molecule has 2 heterocycles. The maximum Gasteiger partial charge on any atom is 0.273 e. The van der Waals surface area contributed by atoms with Gasteiger partial charge in [-0.3, -0.25) is 9.59 Å². The lowest BCUT2D eigenvalue weighted by Gasteiger charge is -2.26. The molecule has 1 fully saturated rings. The molecule has 1 aromatic heterocycles. The van der Waals surface area contributed by atoms with Gasteiger partial charge in [-0.05, 0) is 49.9 Å². The fraction of sp³-hybridized carbons (Fsp3) is 0.429. The van der Waals surface area contributed by atoms with Crippen molar-refractivity contribution < 1.29 is 9.53 Å². The smallest absolute Gasteiger partial charge is 0.273 e. The molecule has 2 aromatic rings. The van der Waals surface area contributed by atoms with Crippen LogP contribution in [0.1, 0.15) is 37.8 Å². The van der Waals surface area contributed by atoms with Crippen LogP contribution in [0.4, 0.5) is 0 Å². The van der Waals surface area contributed by atoms with Gasteiger partial charge in [0.25, 0.3) is 5.56 Å². The highest BCUT2D eigenvalue weighted by Crippen LogP contribution is 2.18. The van der Waals surface area contributed by atoms with Crippen molar-refractivity contribution in [1.82, 2.24) is 20.1 Å². The van der Waals surface area contributed by atoms with E-state index in [2.05, 4.69) is 21.8 Å². The second kappa shape index (κ2) is 9.82. The van der Waals surface area contributed by atoms with E-state index in [1.807, 2.05) is 29.2 Å². The summed E-state index contributed by atoms with van der Waals surface area (Å²) in [6.45, 7) is 5.86. The van der Waals surface area contributed by atoms with E-state index in [4.69, 9.17) is 4.74 Å². The van der Waals surface area contributed by atoms with Gasteiger partial charge in [0.15, 0.2) is 5.82 Å². The van der Waals surface area contributed by atoms with Crippen LogP contribution in [0.25, 0.3) is 11.4 Å². The number of aromatic nitrogens is 3. The SMILES string of the molecule is C=CCCOc1ccc(-c2nnc(CCC(=O)N3CCCCC3)c(=O)[nH]2)cc1. The molecule has 1 aliphatic heterocycles. The number of aromatic amines is 1. The average Bonchev–Trinajstić information content (AvgIpc) is 2.74. The Morgan fingerprint density at radius 3 is 2.61 bits per heavy atom. The number of nitrogens with zero attached hydrogens (tertiary/aromatic N) is 3. The van der Waals surface area contributed by atoms with E-state index in [0.717, 1.165) is 43.7 Å². The summed E-state index contributed by atoms with van der Waals surface area (Å²) in [7, 11) is 0. The second-order valence-corrected chi connectivity index (χ2v) is 6.84. The Labute approximate surface area is 164 Å². The molecule has 0 spiro atoms. The van der Waals surface area contributed by atoms with Crippen LogP contribution in [-0.4, -0.2) is 45.7 Å². The van der Waals surface area contributed by atoms with Crippen LogP contribution in [0, 0.1) is 0 Å². The van der Waals surface area contributed by atoms with Crippen molar-refractivity contribution in [2.75, 3.05) is 19.7 Å². The Morgan fingerprint density at radius 2 is 1.93 bits per heavy atom. The van der Waals surface area contributed by atoms with Crippen LogP contribution in [-0.2, 0) is 11.2 Å². The molecule has 1 saturated heterocycles. The molecule has 148 valence electrons.